The zero-order chi connectivity index (χ0) is 14.2. The van der Waals surface area contributed by atoms with Crippen molar-refractivity contribution in [2.75, 3.05) is 0 Å². The standard InChI is InChI=1S/C16H26N2O2/c17-12-5-7-13(8-6-12)18-14(19)11-16(15(18)20)9-3-1-2-4-10-16/h12-13H,1-11,17H2. The van der Waals surface area contributed by atoms with Crippen LogP contribution in [-0.4, -0.2) is 28.8 Å². The van der Waals surface area contributed by atoms with Gasteiger partial charge in [0.2, 0.25) is 11.8 Å². The van der Waals surface area contributed by atoms with Crippen LogP contribution in [0.1, 0.15) is 70.6 Å². The van der Waals surface area contributed by atoms with Crippen molar-refractivity contribution in [3.05, 3.63) is 0 Å². The minimum Gasteiger partial charge on any atom is -0.328 e. The topological polar surface area (TPSA) is 63.4 Å². The molecule has 0 bridgehead atoms. The second-order valence-electron chi connectivity index (χ2n) is 7.01. The number of carbonyl (C=O) groups excluding carboxylic acids is 2. The Morgan fingerprint density at radius 2 is 1.55 bits per heavy atom. The quantitative estimate of drug-likeness (QED) is 0.749. The summed E-state index contributed by atoms with van der Waals surface area (Å²) in [5, 5.41) is 0. The zero-order valence-corrected chi connectivity index (χ0v) is 12.3. The largest absolute Gasteiger partial charge is 0.328 e. The van der Waals surface area contributed by atoms with Gasteiger partial charge in [0.15, 0.2) is 0 Å². The number of hydrogen-bond acceptors (Lipinski definition) is 3. The fourth-order valence-electron chi connectivity index (χ4n) is 4.34. The summed E-state index contributed by atoms with van der Waals surface area (Å²) in [7, 11) is 0. The Bertz CT molecular complexity index is 391. The second-order valence-corrected chi connectivity index (χ2v) is 7.01. The SMILES string of the molecule is NC1CCC(N2C(=O)CC3(CCCCCC3)C2=O)CC1. The van der Waals surface area contributed by atoms with Gasteiger partial charge in [0.25, 0.3) is 0 Å². The summed E-state index contributed by atoms with van der Waals surface area (Å²) in [5.41, 5.74) is 5.59. The molecule has 1 aliphatic heterocycles. The number of hydrogen-bond donors (Lipinski definition) is 1. The van der Waals surface area contributed by atoms with Gasteiger partial charge in [0, 0.05) is 18.5 Å². The molecule has 1 heterocycles. The Morgan fingerprint density at radius 3 is 2.15 bits per heavy atom. The molecule has 0 aromatic heterocycles. The number of amides is 2. The molecule has 3 aliphatic rings. The van der Waals surface area contributed by atoms with E-state index < -0.39 is 0 Å². The third kappa shape index (κ3) is 2.39. The third-order valence-corrected chi connectivity index (χ3v) is 5.60. The highest BCUT2D eigenvalue weighted by molar-refractivity contribution is 6.06. The highest BCUT2D eigenvalue weighted by atomic mass is 16.2. The molecule has 0 atom stereocenters. The Kier molecular flexibility index (Phi) is 3.85. The van der Waals surface area contributed by atoms with Gasteiger partial charge in [-0.25, -0.2) is 0 Å². The van der Waals surface area contributed by atoms with Crippen LogP contribution in [0.3, 0.4) is 0 Å². The van der Waals surface area contributed by atoms with Crippen LogP contribution >= 0.6 is 0 Å². The molecule has 2 saturated carbocycles. The van der Waals surface area contributed by atoms with Gasteiger partial charge in [-0.15, -0.1) is 0 Å². The third-order valence-electron chi connectivity index (χ3n) is 5.60. The van der Waals surface area contributed by atoms with E-state index in [-0.39, 0.29) is 29.3 Å². The highest BCUT2D eigenvalue weighted by Gasteiger charge is 2.52. The van der Waals surface area contributed by atoms with Crippen molar-refractivity contribution in [1.29, 1.82) is 0 Å². The first-order valence-electron chi connectivity index (χ1n) is 8.24. The molecular weight excluding hydrogens is 252 g/mol. The molecule has 2 aliphatic carbocycles. The van der Waals surface area contributed by atoms with E-state index in [4.69, 9.17) is 5.73 Å². The van der Waals surface area contributed by atoms with Crippen molar-refractivity contribution in [2.24, 2.45) is 11.1 Å². The summed E-state index contributed by atoms with van der Waals surface area (Å²) in [5.74, 6) is 0.224. The molecule has 0 unspecified atom stereocenters. The average molecular weight is 278 g/mol. The predicted octanol–water partition coefficient (Wildman–Crippen LogP) is 2.36. The van der Waals surface area contributed by atoms with E-state index >= 15 is 0 Å². The van der Waals surface area contributed by atoms with Gasteiger partial charge >= 0.3 is 0 Å². The van der Waals surface area contributed by atoms with Crippen molar-refractivity contribution >= 4 is 11.8 Å². The van der Waals surface area contributed by atoms with Gasteiger partial charge < -0.3 is 5.73 Å². The van der Waals surface area contributed by atoms with Crippen LogP contribution in [0, 0.1) is 5.41 Å². The maximum Gasteiger partial charge on any atom is 0.236 e. The smallest absolute Gasteiger partial charge is 0.236 e. The van der Waals surface area contributed by atoms with Crippen molar-refractivity contribution in [3.63, 3.8) is 0 Å². The Hall–Kier alpha value is -0.900. The zero-order valence-electron chi connectivity index (χ0n) is 12.3. The highest BCUT2D eigenvalue weighted by Crippen LogP contribution is 2.45. The maximum absolute atomic E-state index is 12.9. The lowest BCUT2D eigenvalue weighted by Gasteiger charge is -2.33. The van der Waals surface area contributed by atoms with Crippen molar-refractivity contribution in [1.82, 2.24) is 4.90 Å². The summed E-state index contributed by atoms with van der Waals surface area (Å²) >= 11 is 0. The minimum absolute atomic E-state index is 0.0809. The van der Waals surface area contributed by atoms with Crippen molar-refractivity contribution < 1.29 is 9.59 Å². The predicted molar refractivity (Wildman–Crippen MR) is 76.8 cm³/mol. The van der Waals surface area contributed by atoms with Gasteiger partial charge in [-0.1, -0.05) is 25.7 Å². The Balaban J connectivity index is 1.76. The number of carbonyl (C=O) groups is 2. The summed E-state index contributed by atoms with van der Waals surface area (Å²) in [6, 6.07) is 0.378. The van der Waals surface area contributed by atoms with Gasteiger partial charge in [-0.05, 0) is 38.5 Å². The van der Waals surface area contributed by atoms with Crippen LogP contribution in [0.15, 0.2) is 0 Å². The molecule has 1 spiro atoms. The molecule has 112 valence electrons. The molecule has 2 N–H and O–H groups in total. The molecule has 2 amide bonds. The molecule has 3 fully saturated rings. The molecule has 3 rings (SSSR count). The Labute approximate surface area is 121 Å². The monoisotopic (exact) mass is 278 g/mol. The van der Waals surface area contributed by atoms with E-state index in [1.165, 1.54) is 12.8 Å². The van der Waals surface area contributed by atoms with E-state index in [0.717, 1.165) is 51.4 Å². The first-order chi connectivity index (χ1) is 9.62. The van der Waals surface area contributed by atoms with Crippen LogP contribution in [0.2, 0.25) is 0 Å². The lowest BCUT2D eigenvalue weighted by molar-refractivity contribution is -0.145. The average Bonchev–Trinajstić information content (AvgIpc) is 2.60. The summed E-state index contributed by atoms with van der Waals surface area (Å²) in [6.45, 7) is 0. The van der Waals surface area contributed by atoms with Crippen LogP contribution in [0.5, 0.6) is 0 Å². The van der Waals surface area contributed by atoms with Crippen molar-refractivity contribution in [3.8, 4) is 0 Å². The van der Waals surface area contributed by atoms with Crippen LogP contribution in [0.4, 0.5) is 0 Å². The minimum atomic E-state index is -0.340. The maximum atomic E-state index is 12.9. The van der Waals surface area contributed by atoms with E-state index in [0.29, 0.717) is 6.42 Å². The van der Waals surface area contributed by atoms with Gasteiger partial charge in [-0.3, -0.25) is 14.5 Å². The molecule has 20 heavy (non-hydrogen) atoms. The molecule has 0 aromatic carbocycles. The van der Waals surface area contributed by atoms with E-state index in [1.807, 2.05) is 0 Å². The van der Waals surface area contributed by atoms with E-state index in [2.05, 4.69) is 0 Å². The first-order valence-corrected chi connectivity index (χ1v) is 8.24. The number of imide groups is 1. The van der Waals surface area contributed by atoms with Crippen LogP contribution in [0.25, 0.3) is 0 Å². The van der Waals surface area contributed by atoms with Crippen molar-refractivity contribution in [2.45, 2.75) is 82.7 Å². The fraction of sp³-hybridized carbons (Fsp3) is 0.875. The second kappa shape index (κ2) is 5.47. The fourth-order valence-corrected chi connectivity index (χ4v) is 4.34. The van der Waals surface area contributed by atoms with Gasteiger partial charge in [0.1, 0.15) is 0 Å². The number of nitrogens with two attached hydrogens (primary N) is 1. The van der Waals surface area contributed by atoms with Crippen LogP contribution < -0.4 is 5.73 Å². The molecule has 1 saturated heterocycles. The normalized spacial score (nSPS) is 34.5. The molecule has 4 nitrogen and oxygen atoms in total. The Morgan fingerprint density at radius 1 is 0.950 bits per heavy atom. The van der Waals surface area contributed by atoms with Gasteiger partial charge in [-0.2, -0.15) is 0 Å². The number of likely N-dealkylation sites (tertiary alicyclic amines) is 1. The van der Waals surface area contributed by atoms with E-state index in [1.54, 1.807) is 4.90 Å². The number of rotatable bonds is 1. The lowest BCUT2D eigenvalue weighted by atomic mass is 9.79. The summed E-state index contributed by atoms with van der Waals surface area (Å²) in [6.07, 6.45) is 10.6. The molecule has 0 aromatic rings. The van der Waals surface area contributed by atoms with Crippen LogP contribution in [-0.2, 0) is 9.59 Å². The molecular formula is C16H26N2O2. The molecule has 0 radical (unpaired) electrons. The summed E-state index contributed by atoms with van der Waals surface area (Å²) in [4.78, 5) is 27.0. The van der Waals surface area contributed by atoms with E-state index in [9.17, 15) is 9.59 Å². The van der Waals surface area contributed by atoms with Gasteiger partial charge in [0.05, 0.1) is 5.41 Å². The number of nitrogens with zero attached hydrogens (tertiary/aromatic N) is 1. The molecule has 4 heteroatoms. The first kappa shape index (κ1) is 14.1. The lowest BCUT2D eigenvalue weighted by Crippen LogP contribution is -2.45. The summed E-state index contributed by atoms with van der Waals surface area (Å²) < 4.78 is 0.